The lowest BCUT2D eigenvalue weighted by Gasteiger charge is -2.13. The van der Waals surface area contributed by atoms with E-state index in [0.29, 0.717) is 0 Å². The summed E-state index contributed by atoms with van der Waals surface area (Å²) in [6, 6.07) is 1.39. The van der Waals surface area contributed by atoms with Crippen molar-refractivity contribution in [1.29, 1.82) is 0 Å². The van der Waals surface area contributed by atoms with Crippen molar-refractivity contribution >= 4 is 5.97 Å². The third kappa shape index (κ3) is 2.35. The summed E-state index contributed by atoms with van der Waals surface area (Å²) in [5.41, 5.74) is 2.22. The van der Waals surface area contributed by atoms with Gasteiger partial charge in [0.2, 0.25) is 0 Å². The van der Waals surface area contributed by atoms with E-state index in [1.807, 2.05) is 13.8 Å². The van der Waals surface area contributed by atoms with E-state index >= 15 is 0 Å². The molecule has 76 valence electrons. The van der Waals surface area contributed by atoms with E-state index in [1.54, 1.807) is 0 Å². The van der Waals surface area contributed by atoms with Gasteiger partial charge in [-0.05, 0) is 13.8 Å². The van der Waals surface area contributed by atoms with Crippen molar-refractivity contribution in [3.05, 3.63) is 34.2 Å². The second kappa shape index (κ2) is 3.95. The average Bonchev–Trinajstić information content (AvgIpc) is 2.07. The van der Waals surface area contributed by atoms with Gasteiger partial charge in [-0.15, -0.1) is 0 Å². The van der Waals surface area contributed by atoms with Gasteiger partial charge >= 0.3 is 5.97 Å². The van der Waals surface area contributed by atoms with Crippen LogP contribution in [0.25, 0.3) is 0 Å². The van der Waals surface area contributed by atoms with Crippen molar-refractivity contribution in [2.75, 3.05) is 5.43 Å². The molecule has 1 aromatic heterocycles. The lowest BCUT2D eigenvalue weighted by Crippen LogP contribution is -2.25. The maximum atomic E-state index is 11.1. The Kier molecular flexibility index (Phi) is 2.91. The number of hydrogen-bond donors (Lipinski definition) is 2. The van der Waals surface area contributed by atoms with Crippen LogP contribution in [0.4, 0.5) is 0 Å². The van der Waals surface area contributed by atoms with Crippen molar-refractivity contribution in [3.63, 3.8) is 0 Å². The van der Waals surface area contributed by atoms with Crippen molar-refractivity contribution in [2.45, 2.75) is 19.9 Å². The Morgan fingerprint density at radius 1 is 1.57 bits per heavy atom. The van der Waals surface area contributed by atoms with Gasteiger partial charge < -0.3 is 10.5 Å². The number of rotatable bonds is 3. The molecule has 5 heteroatoms. The van der Waals surface area contributed by atoms with E-state index in [9.17, 15) is 9.59 Å². The van der Waals surface area contributed by atoms with Crippen LogP contribution in [0.3, 0.4) is 0 Å². The Bertz CT molecular complexity index is 395. The largest absolute Gasteiger partial charge is 0.477 e. The molecule has 1 aromatic rings. The van der Waals surface area contributed by atoms with E-state index in [-0.39, 0.29) is 11.6 Å². The zero-order chi connectivity index (χ0) is 10.7. The molecule has 0 saturated heterocycles. The molecule has 5 nitrogen and oxygen atoms in total. The fourth-order valence-corrected chi connectivity index (χ4v) is 1.02. The molecule has 0 aliphatic rings. The molecule has 0 aliphatic carbocycles. The molecular weight excluding hydrogens is 184 g/mol. The number of aromatic carboxylic acids is 1. The summed E-state index contributed by atoms with van der Waals surface area (Å²) in [4.78, 5) is 21.7. The molecule has 0 aliphatic heterocycles. The number of carbonyl (C=O) groups is 1. The van der Waals surface area contributed by atoms with E-state index in [1.165, 1.54) is 23.1 Å². The number of carboxylic acids is 1. The molecule has 0 fully saturated rings. The van der Waals surface area contributed by atoms with Crippen LogP contribution in [0.5, 0.6) is 0 Å². The average molecular weight is 196 g/mol. The minimum Gasteiger partial charge on any atom is -0.477 e. The molecule has 0 bridgehead atoms. The van der Waals surface area contributed by atoms with Gasteiger partial charge in [-0.2, -0.15) is 0 Å². The Labute approximate surface area is 81.0 Å². The quantitative estimate of drug-likeness (QED) is 0.738. The summed E-state index contributed by atoms with van der Waals surface area (Å²) in [5.74, 6) is -1.21. The fraction of sp³-hybridized carbons (Fsp3) is 0.333. The molecule has 0 amide bonds. The standard InChI is InChI=1S/C9H12N2O3/c1-6(2)10-11-4-3-8(12)7(5-11)9(13)14/h3-6,10H,1-2H3,(H,13,14). The van der Waals surface area contributed by atoms with Crippen LogP contribution in [0.15, 0.2) is 23.3 Å². The first kappa shape index (κ1) is 10.3. The molecule has 0 unspecified atom stereocenters. The third-order valence-electron chi connectivity index (χ3n) is 1.56. The Balaban J connectivity index is 3.07. The number of carboxylic acid groups (broad SMARTS) is 1. The molecule has 1 rings (SSSR count). The Morgan fingerprint density at radius 2 is 2.21 bits per heavy atom. The van der Waals surface area contributed by atoms with Crippen LogP contribution < -0.4 is 10.9 Å². The molecule has 0 radical (unpaired) electrons. The molecule has 0 atom stereocenters. The van der Waals surface area contributed by atoms with Crippen molar-refractivity contribution in [2.24, 2.45) is 0 Å². The number of aromatic nitrogens is 1. The number of hydrogen-bond acceptors (Lipinski definition) is 3. The third-order valence-corrected chi connectivity index (χ3v) is 1.56. The predicted molar refractivity (Wildman–Crippen MR) is 52.2 cm³/mol. The lowest BCUT2D eigenvalue weighted by molar-refractivity contribution is 0.0694. The van der Waals surface area contributed by atoms with Gasteiger partial charge in [-0.3, -0.25) is 9.47 Å². The van der Waals surface area contributed by atoms with Crippen molar-refractivity contribution in [3.8, 4) is 0 Å². The smallest absolute Gasteiger partial charge is 0.341 e. The topological polar surface area (TPSA) is 71.3 Å². The molecule has 1 heterocycles. The minimum absolute atomic E-state index is 0.166. The lowest BCUT2D eigenvalue weighted by atomic mass is 10.3. The first-order chi connectivity index (χ1) is 6.50. The van der Waals surface area contributed by atoms with Gasteiger partial charge in [0.25, 0.3) is 0 Å². The van der Waals surface area contributed by atoms with Gasteiger partial charge in [-0.1, -0.05) is 0 Å². The van der Waals surface area contributed by atoms with Gasteiger partial charge in [-0.25, -0.2) is 4.79 Å². The van der Waals surface area contributed by atoms with Crippen LogP contribution >= 0.6 is 0 Å². The molecule has 0 saturated carbocycles. The first-order valence-electron chi connectivity index (χ1n) is 4.23. The number of pyridine rings is 1. The molecule has 14 heavy (non-hydrogen) atoms. The van der Waals surface area contributed by atoms with Crippen LogP contribution in [-0.4, -0.2) is 21.8 Å². The van der Waals surface area contributed by atoms with Gasteiger partial charge in [0.15, 0.2) is 5.43 Å². The number of nitrogens with one attached hydrogen (secondary N) is 1. The zero-order valence-corrected chi connectivity index (χ0v) is 8.02. The minimum atomic E-state index is -1.21. The van der Waals surface area contributed by atoms with Crippen molar-refractivity contribution < 1.29 is 9.90 Å². The molecule has 2 N–H and O–H groups in total. The summed E-state index contributed by atoms with van der Waals surface area (Å²) in [6.45, 7) is 3.83. The highest BCUT2D eigenvalue weighted by Crippen LogP contribution is 1.92. The Hall–Kier alpha value is -1.78. The second-order valence-corrected chi connectivity index (χ2v) is 3.22. The van der Waals surface area contributed by atoms with E-state index in [0.717, 1.165) is 0 Å². The summed E-state index contributed by atoms with van der Waals surface area (Å²) >= 11 is 0. The van der Waals surface area contributed by atoms with E-state index < -0.39 is 11.4 Å². The van der Waals surface area contributed by atoms with Crippen LogP contribution in [-0.2, 0) is 0 Å². The predicted octanol–water partition coefficient (Wildman–Crippen LogP) is 0.498. The highest BCUT2D eigenvalue weighted by molar-refractivity contribution is 5.86. The van der Waals surface area contributed by atoms with Gasteiger partial charge in [0.05, 0.1) is 0 Å². The van der Waals surface area contributed by atoms with E-state index in [2.05, 4.69) is 5.43 Å². The highest BCUT2D eigenvalue weighted by atomic mass is 16.4. The normalized spacial score (nSPS) is 10.2. The maximum absolute atomic E-state index is 11.1. The van der Waals surface area contributed by atoms with E-state index in [4.69, 9.17) is 5.11 Å². The number of nitrogens with zero attached hydrogens (tertiary/aromatic N) is 1. The van der Waals surface area contributed by atoms with Crippen LogP contribution in [0, 0.1) is 0 Å². The first-order valence-corrected chi connectivity index (χ1v) is 4.23. The Morgan fingerprint density at radius 3 is 2.71 bits per heavy atom. The second-order valence-electron chi connectivity index (χ2n) is 3.22. The summed E-state index contributed by atoms with van der Waals surface area (Å²) < 4.78 is 1.47. The molecule has 0 aromatic carbocycles. The monoisotopic (exact) mass is 196 g/mol. The van der Waals surface area contributed by atoms with Crippen molar-refractivity contribution in [1.82, 2.24) is 4.68 Å². The maximum Gasteiger partial charge on any atom is 0.341 e. The zero-order valence-electron chi connectivity index (χ0n) is 8.02. The van der Waals surface area contributed by atoms with Crippen LogP contribution in [0.2, 0.25) is 0 Å². The SMILES string of the molecule is CC(C)Nn1ccc(=O)c(C(=O)O)c1. The van der Waals surface area contributed by atoms with Crippen LogP contribution in [0.1, 0.15) is 24.2 Å². The fourth-order valence-electron chi connectivity index (χ4n) is 1.02. The molecule has 0 spiro atoms. The summed E-state index contributed by atoms with van der Waals surface area (Å²) in [5, 5.41) is 8.68. The van der Waals surface area contributed by atoms with Gasteiger partial charge in [0.1, 0.15) is 5.56 Å². The summed E-state index contributed by atoms with van der Waals surface area (Å²) in [7, 11) is 0. The van der Waals surface area contributed by atoms with Gasteiger partial charge in [0, 0.05) is 24.5 Å². The molecular formula is C9H12N2O3. The highest BCUT2D eigenvalue weighted by Gasteiger charge is 2.08. The summed E-state index contributed by atoms with van der Waals surface area (Å²) in [6.07, 6.45) is 2.76.